The lowest BCUT2D eigenvalue weighted by atomic mass is 9.98. The van der Waals surface area contributed by atoms with Gasteiger partial charge in [-0.25, -0.2) is 0 Å². The number of nitrogens with one attached hydrogen (secondary N) is 1. The first-order valence-corrected chi connectivity index (χ1v) is 6.47. The normalized spacial score (nSPS) is 14.7. The fourth-order valence-electron chi connectivity index (χ4n) is 1.51. The zero-order valence-electron chi connectivity index (χ0n) is 10.2. The lowest BCUT2D eigenvalue weighted by molar-refractivity contribution is -0.125. The molecule has 0 rings (SSSR count). The van der Waals surface area contributed by atoms with E-state index in [-0.39, 0.29) is 17.2 Å². The molecule has 1 N–H and O–H groups in total. The zero-order valence-corrected chi connectivity index (χ0v) is 10.9. The van der Waals surface area contributed by atoms with Crippen molar-refractivity contribution >= 4 is 17.5 Å². The maximum atomic E-state index is 11.7. The van der Waals surface area contributed by atoms with Crippen molar-refractivity contribution in [2.75, 3.05) is 6.54 Å². The number of hydrogen-bond donors (Lipinski definition) is 1. The SMILES string of the molecule is CCCCC(CC)C(=O)NCCC(C)Cl. The minimum Gasteiger partial charge on any atom is -0.356 e. The van der Waals surface area contributed by atoms with Gasteiger partial charge in [-0.15, -0.1) is 11.6 Å². The van der Waals surface area contributed by atoms with E-state index in [0.717, 1.165) is 32.1 Å². The number of amides is 1. The Kier molecular flexibility index (Phi) is 8.88. The van der Waals surface area contributed by atoms with Gasteiger partial charge >= 0.3 is 0 Å². The number of halogens is 1. The minimum atomic E-state index is 0.140. The molecule has 0 aliphatic heterocycles. The summed E-state index contributed by atoms with van der Waals surface area (Å²) in [6.45, 7) is 6.87. The van der Waals surface area contributed by atoms with Crippen molar-refractivity contribution in [2.45, 2.75) is 58.3 Å². The summed E-state index contributed by atoms with van der Waals surface area (Å²) in [4.78, 5) is 11.7. The van der Waals surface area contributed by atoms with E-state index in [4.69, 9.17) is 11.6 Å². The molecule has 15 heavy (non-hydrogen) atoms. The van der Waals surface area contributed by atoms with Crippen LogP contribution in [-0.4, -0.2) is 17.8 Å². The lowest BCUT2D eigenvalue weighted by Gasteiger charge is -2.14. The summed E-state index contributed by atoms with van der Waals surface area (Å²) in [5, 5.41) is 3.09. The Morgan fingerprint density at radius 1 is 1.33 bits per heavy atom. The molecule has 0 spiro atoms. The monoisotopic (exact) mass is 233 g/mol. The molecule has 2 atom stereocenters. The molecular formula is C12H24ClNO. The van der Waals surface area contributed by atoms with Crippen molar-refractivity contribution in [3.8, 4) is 0 Å². The third-order valence-corrected chi connectivity index (χ3v) is 2.83. The smallest absolute Gasteiger partial charge is 0.223 e. The van der Waals surface area contributed by atoms with E-state index in [1.54, 1.807) is 0 Å². The summed E-state index contributed by atoms with van der Waals surface area (Å²) in [6.07, 6.45) is 5.08. The summed E-state index contributed by atoms with van der Waals surface area (Å²) in [5.74, 6) is 0.388. The second-order valence-corrected chi connectivity index (χ2v) is 4.85. The van der Waals surface area contributed by atoms with Crippen LogP contribution in [0.3, 0.4) is 0 Å². The Morgan fingerprint density at radius 3 is 2.47 bits per heavy atom. The number of alkyl halides is 1. The molecule has 1 amide bonds. The van der Waals surface area contributed by atoms with Gasteiger partial charge in [0, 0.05) is 17.8 Å². The molecule has 2 unspecified atom stereocenters. The first kappa shape index (κ1) is 14.8. The Bertz CT molecular complexity index is 171. The van der Waals surface area contributed by atoms with Crippen LogP contribution in [0.5, 0.6) is 0 Å². The average Bonchev–Trinajstić information content (AvgIpc) is 2.18. The summed E-state index contributed by atoms with van der Waals surface area (Å²) >= 11 is 5.81. The van der Waals surface area contributed by atoms with Gasteiger partial charge in [-0.1, -0.05) is 26.7 Å². The highest BCUT2D eigenvalue weighted by Crippen LogP contribution is 2.12. The molecule has 0 heterocycles. The highest BCUT2D eigenvalue weighted by atomic mass is 35.5. The van der Waals surface area contributed by atoms with Crippen LogP contribution in [0.15, 0.2) is 0 Å². The van der Waals surface area contributed by atoms with E-state index in [0.29, 0.717) is 6.54 Å². The summed E-state index contributed by atoms with van der Waals surface area (Å²) < 4.78 is 0. The van der Waals surface area contributed by atoms with Gasteiger partial charge in [0.05, 0.1) is 0 Å². The molecule has 3 heteroatoms. The Morgan fingerprint density at radius 2 is 2.00 bits per heavy atom. The Balaban J connectivity index is 3.73. The molecule has 0 radical (unpaired) electrons. The molecule has 90 valence electrons. The van der Waals surface area contributed by atoms with Crippen LogP contribution in [0.2, 0.25) is 0 Å². The third-order valence-electron chi connectivity index (χ3n) is 2.61. The number of rotatable bonds is 8. The highest BCUT2D eigenvalue weighted by molar-refractivity contribution is 6.20. The molecule has 0 aliphatic carbocycles. The second kappa shape index (κ2) is 9.02. The summed E-state index contributed by atoms with van der Waals surface area (Å²) in [5.41, 5.74) is 0. The van der Waals surface area contributed by atoms with Crippen molar-refractivity contribution in [2.24, 2.45) is 5.92 Å². The number of carbonyl (C=O) groups excluding carboxylic acids is 1. The quantitative estimate of drug-likeness (QED) is 0.641. The summed E-state index contributed by atoms with van der Waals surface area (Å²) in [7, 11) is 0. The number of carbonyl (C=O) groups is 1. The van der Waals surface area contributed by atoms with Crippen molar-refractivity contribution in [1.82, 2.24) is 5.32 Å². The number of hydrogen-bond acceptors (Lipinski definition) is 1. The first-order chi connectivity index (χ1) is 7.11. The molecular weight excluding hydrogens is 210 g/mol. The highest BCUT2D eigenvalue weighted by Gasteiger charge is 2.14. The molecule has 0 aromatic heterocycles. The fraction of sp³-hybridized carbons (Fsp3) is 0.917. The molecule has 0 aromatic rings. The van der Waals surface area contributed by atoms with Gasteiger partial charge in [-0.3, -0.25) is 4.79 Å². The maximum Gasteiger partial charge on any atom is 0.223 e. The van der Waals surface area contributed by atoms with Gasteiger partial charge in [0.25, 0.3) is 0 Å². The first-order valence-electron chi connectivity index (χ1n) is 6.03. The second-order valence-electron chi connectivity index (χ2n) is 4.11. The lowest BCUT2D eigenvalue weighted by Crippen LogP contribution is -2.31. The van der Waals surface area contributed by atoms with Gasteiger partial charge in [0.15, 0.2) is 0 Å². The van der Waals surface area contributed by atoms with Crippen molar-refractivity contribution in [3.63, 3.8) is 0 Å². The van der Waals surface area contributed by atoms with E-state index in [2.05, 4.69) is 19.2 Å². The number of unbranched alkanes of at least 4 members (excludes halogenated alkanes) is 1. The van der Waals surface area contributed by atoms with Crippen molar-refractivity contribution < 1.29 is 4.79 Å². The largest absolute Gasteiger partial charge is 0.356 e. The summed E-state index contributed by atoms with van der Waals surface area (Å²) in [6, 6.07) is 0. The molecule has 0 saturated carbocycles. The molecule has 2 nitrogen and oxygen atoms in total. The third kappa shape index (κ3) is 7.66. The van der Waals surface area contributed by atoms with E-state index in [1.807, 2.05) is 6.92 Å². The average molecular weight is 234 g/mol. The van der Waals surface area contributed by atoms with Crippen LogP contribution >= 0.6 is 11.6 Å². The fourth-order valence-corrected chi connectivity index (χ4v) is 1.62. The molecule has 0 fully saturated rings. The van der Waals surface area contributed by atoms with Gasteiger partial charge in [0.2, 0.25) is 5.91 Å². The standard InChI is InChI=1S/C12H24ClNO/c1-4-6-7-11(5-2)12(15)14-9-8-10(3)13/h10-11H,4-9H2,1-3H3,(H,14,15). The van der Waals surface area contributed by atoms with Crippen molar-refractivity contribution in [3.05, 3.63) is 0 Å². The maximum absolute atomic E-state index is 11.7. The zero-order chi connectivity index (χ0) is 11.7. The van der Waals surface area contributed by atoms with Crippen LogP contribution in [0.25, 0.3) is 0 Å². The molecule has 0 aromatic carbocycles. The topological polar surface area (TPSA) is 29.1 Å². The van der Waals surface area contributed by atoms with Crippen LogP contribution in [0.1, 0.15) is 52.9 Å². The predicted molar refractivity (Wildman–Crippen MR) is 66.2 cm³/mol. The molecule has 0 bridgehead atoms. The van der Waals surface area contributed by atoms with Crippen LogP contribution in [-0.2, 0) is 4.79 Å². The Hall–Kier alpha value is -0.240. The molecule has 0 aliphatic rings. The van der Waals surface area contributed by atoms with Gasteiger partial charge in [-0.2, -0.15) is 0 Å². The molecule has 0 saturated heterocycles. The van der Waals surface area contributed by atoms with E-state index in [1.165, 1.54) is 0 Å². The van der Waals surface area contributed by atoms with Crippen LogP contribution in [0.4, 0.5) is 0 Å². The Labute approximate surface area is 98.8 Å². The van der Waals surface area contributed by atoms with Crippen LogP contribution in [0, 0.1) is 5.92 Å². The van der Waals surface area contributed by atoms with Crippen molar-refractivity contribution in [1.29, 1.82) is 0 Å². The predicted octanol–water partition coefficient (Wildman–Crippen LogP) is 3.34. The van der Waals surface area contributed by atoms with Gasteiger partial charge < -0.3 is 5.32 Å². The van der Waals surface area contributed by atoms with E-state index < -0.39 is 0 Å². The van der Waals surface area contributed by atoms with Gasteiger partial charge in [-0.05, 0) is 26.2 Å². The van der Waals surface area contributed by atoms with E-state index in [9.17, 15) is 4.79 Å². The van der Waals surface area contributed by atoms with Gasteiger partial charge in [0.1, 0.15) is 0 Å². The van der Waals surface area contributed by atoms with Crippen LogP contribution < -0.4 is 5.32 Å². The minimum absolute atomic E-state index is 0.140. The van der Waals surface area contributed by atoms with E-state index >= 15 is 0 Å².